The first-order valence-electron chi connectivity index (χ1n) is 6.97. The molecule has 0 aliphatic carbocycles. The molecule has 0 spiro atoms. The lowest BCUT2D eigenvalue weighted by atomic mass is 9.81. The van der Waals surface area contributed by atoms with Crippen LogP contribution in [0.15, 0.2) is 18.6 Å². The van der Waals surface area contributed by atoms with Crippen molar-refractivity contribution in [2.75, 3.05) is 39.1 Å². The summed E-state index contributed by atoms with van der Waals surface area (Å²) in [7, 11) is -3.28. The van der Waals surface area contributed by atoms with Crippen LogP contribution in [0.25, 0.3) is 0 Å². The van der Waals surface area contributed by atoms with E-state index in [0.717, 1.165) is 6.26 Å². The minimum atomic E-state index is -3.28. The molecular formula is C13H18N4O4S. The van der Waals surface area contributed by atoms with Crippen LogP contribution in [0.2, 0.25) is 0 Å². The first-order valence-corrected chi connectivity index (χ1v) is 8.86. The van der Waals surface area contributed by atoms with Crippen molar-refractivity contribution in [1.82, 2.24) is 19.6 Å². The molecule has 2 atom stereocenters. The summed E-state index contributed by atoms with van der Waals surface area (Å²) < 4.78 is 30.8. The van der Waals surface area contributed by atoms with Gasteiger partial charge in [0.25, 0.3) is 5.91 Å². The second kappa shape index (κ2) is 5.56. The molecule has 0 bridgehead atoms. The number of amides is 1. The van der Waals surface area contributed by atoms with E-state index in [9.17, 15) is 13.2 Å². The maximum atomic E-state index is 12.5. The third-order valence-electron chi connectivity index (χ3n) is 4.28. The van der Waals surface area contributed by atoms with Gasteiger partial charge in [0.05, 0.1) is 25.7 Å². The second-order valence-corrected chi connectivity index (χ2v) is 7.78. The maximum absolute atomic E-state index is 12.5. The number of fused-ring (bicyclic) bond motifs is 1. The van der Waals surface area contributed by atoms with Crippen LogP contribution in [-0.4, -0.2) is 68.3 Å². The molecule has 22 heavy (non-hydrogen) atoms. The molecule has 1 aromatic rings. The normalized spacial score (nSPS) is 27.9. The summed E-state index contributed by atoms with van der Waals surface area (Å²) in [4.78, 5) is 22.1. The number of ether oxygens (including phenoxy) is 1. The van der Waals surface area contributed by atoms with E-state index in [-0.39, 0.29) is 23.8 Å². The second-order valence-electron chi connectivity index (χ2n) is 5.94. The van der Waals surface area contributed by atoms with Crippen molar-refractivity contribution in [3.05, 3.63) is 24.3 Å². The van der Waals surface area contributed by atoms with E-state index in [1.54, 1.807) is 4.90 Å². The lowest BCUT2D eigenvalue weighted by Gasteiger charge is -2.26. The fraction of sp³-hybridized carbons (Fsp3) is 0.615. The molecule has 3 rings (SSSR count). The van der Waals surface area contributed by atoms with Crippen LogP contribution in [0.3, 0.4) is 0 Å². The van der Waals surface area contributed by atoms with Gasteiger partial charge in [0.2, 0.25) is 10.0 Å². The van der Waals surface area contributed by atoms with Gasteiger partial charge < -0.3 is 9.64 Å². The van der Waals surface area contributed by atoms with Crippen molar-refractivity contribution in [2.24, 2.45) is 11.3 Å². The number of nitrogens with one attached hydrogen (secondary N) is 1. The Morgan fingerprint density at radius 2 is 2.36 bits per heavy atom. The van der Waals surface area contributed by atoms with Crippen LogP contribution < -0.4 is 4.72 Å². The van der Waals surface area contributed by atoms with Gasteiger partial charge in [0, 0.05) is 43.4 Å². The SMILES string of the molecule is CS(=O)(=O)NC[C@@]12COC[C@@H]1CN(C(=O)c1cnccn1)C2. The molecule has 3 heterocycles. The number of carbonyl (C=O) groups is 1. The van der Waals surface area contributed by atoms with Crippen molar-refractivity contribution in [1.29, 1.82) is 0 Å². The van der Waals surface area contributed by atoms with Gasteiger partial charge in [-0.2, -0.15) is 0 Å². The molecular weight excluding hydrogens is 308 g/mol. The van der Waals surface area contributed by atoms with E-state index in [0.29, 0.717) is 32.0 Å². The number of hydrogen-bond donors (Lipinski definition) is 1. The first-order chi connectivity index (χ1) is 10.4. The van der Waals surface area contributed by atoms with Crippen molar-refractivity contribution >= 4 is 15.9 Å². The summed E-state index contributed by atoms with van der Waals surface area (Å²) >= 11 is 0. The van der Waals surface area contributed by atoms with E-state index < -0.39 is 10.0 Å². The zero-order valence-corrected chi connectivity index (χ0v) is 13.0. The highest BCUT2D eigenvalue weighted by atomic mass is 32.2. The Balaban J connectivity index is 1.75. The Morgan fingerprint density at radius 3 is 3.05 bits per heavy atom. The van der Waals surface area contributed by atoms with Gasteiger partial charge in [-0.25, -0.2) is 18.1 Å². The van der Waals surface area contributed by atoms with Crippen molar-refractivity contribution < 1.29 is 17.9 Å². The van der Waals surface area contributed by atoms with Gasteiger partial charge in [0.15, 0.2) is 0 Å². The fourth-order valence-corrected chi connectivity index (χ4v) is 3.63. The summed E-state index contributed by atoms with van der Waals surface area (Å²) in [6.45, 7) is 2.26. The zero-order valence-electron chi connectivity index (χ0n) is 12.2. The number of sulfonamides is 1. The largest absolute Gasteiger partial charge is 0.380 e. The van der Waals surface area contributed by atoms with Crippen molar-refractivity contribution in [2.45, 2.75) is 0 Å². The number of likely N-dealkylation sites (tertiary alicyclic amines) is 1. The van der Waals surface area contributed by atoms with Crippen LogP contribution in [0, 0.1) is 11.3 Å². The number of hydrogen-bond acceptors (Lipinski definition) is 6. The number of aromatic nitrogens is 2. The van der Waals surface area contributed by atoms with Gasteiger partial charge in [-0.15, -0.1) is 0 Å². The highest BCUT2D eigenvalue weighted by molar-refractivity contribution is 7.88. The Kier molecular flexibility index (Phi) is 3.87. The van der Waals surface area contributed by atoms with Gasteiger partial charge >= 0.3 is 0 Å². The van der Waals surface area contributed by atoms with Gasteiger partial charge in [-0.3, -0.25) is 9.78 Å². The molecule has 1 amide bonds. The van der Waals surface area contributed by atoms with Crippen LogP contribution in [-0.2, 0) is 14.8 Å². The average Bonchev–Trinajstić information content (AvgIpc) is 3.02. The highest BCUT2D eigenvalue weighted by Gasteiger charge is 2.52. The van der Waals surface area contributed by atoms with Crippen LogP contribution in [0.1, 0.15) is 10.5 Å². The topological polar surface area (TPSA) is 101 Å². The molecule has 0 unspecified atom stereocenters. The van der Waals surface area contributed by atoms with E-state index in [1.807, 2.05) is 0 Å². The minimum Gasteiger partial charge on any atom is -0.380 e. The monoisotopic (exact) mass is 326 g/mol. The average molecular weight is 326 g/mol. The summed E-state index contributed by atoms with van der Waals surface area (Å²) in [5.41, 5.74) is -0.0596. The van der Waals surface area contributed by atoms with E-state index in [2.05, 4.69) is 14.7 Å². The molecule has 2 aliphatic rings. The molecule has 1 aromatic heterocycles. The quantitative estimate of drug-likeness (QED) is 0.770. The minimum absolute atomic E-state index is 0.127. The fourth-order valence-electron chi connectivity index (χ4n) is 3.08. The van der Waals surface area contributed by atoms with E-state index in [1.165, 1.54) is 18.6 Å². The van der Waals surface area contributed by atoms with E-state index in [4.69, 9.17) is 4.74 Å². The third-order valence-corrected chi connectivity index (χ3v) is 4.95. The van der Waals surface area contributed by atoms with Crippen LogP contribution in [0.4, 0.5) is 0 Å². The Labute approximate surface area is 128 Å². The van der Waals surface area contributed by atoms with E-state index >= 15 is 0 Å². The lowest BCUT2D eigenvalue weighted by Crippen LogP contribution is -2.43. The van der Waals surface area contributed by atoms with Crippen LogP contribution in [0.5, 0.6) is 0 Å². The number of nitrogens with zero attached hydrogens (tertiary/aromatic N) is 3. The number of carbonyl (C=O) groups excluding carboxylic acids is 1. The summed E-state index contributed by atoms with van der Waals surface area (Å²) in [6, 6.07) is 0. The van der Waals surface area contributed by atoms with Gasteiger partial charge in [-0.05, 0) is 0 Å². The van der Waals surface area contributed by atoms with Gasteiger partial charge in [-0.1, -0.05) is 0 Å². The van der Waals surface area contributed by atoms with Crippen molar-refractivity contribution in [3.8, 4) is 0 Å². The Hall–Kier alpha value is -1.58. The molecule has 2 fully saturated rings. The highest BCUT2D eigenvalue weighted by Crippen LogP contribution is 2.41. The molecule has 120 valence electrons. The molecule has 2 saturated heterocycles. The lowest BCUT2D eigenvalue weighted by molar-refractivity contribution is 0.0715. The smallest absolute Gasteiger partial charge is 0.274 e. The predicted octanol–water partition coefficient (Wildman–Crippen LogP) is -0.886. The molecule has 1 N–H and O–H groups in total. The molecule has 0 aromatic carbocycles. The summed E-state index contributed by atoms with van der Waals surface area (Å²) in [6.07, 6.45) is 5.56. The molecule has 2 aliphatic heterocycles. The first kappa shape index (κ1) is 15.3. The third kappa shape index (κ3) is 2.96. The van der Waals surface area contributed by atoms with Crippen molar-refractivity contribution in [3.63, 3.8) is 0 Å². The number of rotatable bonds is 4. The molecule has 9 heteroatoms. The summed E-state index contributed by atoms with van der Waals surface area (Å²) in [5, 5.41) is 0. The van der Waals surface area contributed by atoms with Gasteiger partial charge in [0.1, 0.15) is 5.69 Å². The standard InChI is InChI=1S/C13H18N4O4S/c1-22(19,20)16-7-13-8-17(5-10(13)6-21-9-13)12(18)11-4-14-2-3-15-11/h2-4,10,16H,5-9H2,1H3/t10-,13+/m0/s1. The maximum Gasteiger partial charge on any atom is 0.274 e. The zero-order chi connectivity index (χ0) is 15.8. The Morgan fingerprint density at radius 1 is 1.55 bits per heavy atom. The predicted molar refractivity (Wildman–Crippen MR) is 77.5 cm³/mol. The summed E-state index contributed by atoms with van der Waals surface area (Å²) in [5.74, 6) is -0.0522. The van der Waals surface area contributed by atoms with Crippen LogP contribution >= 0.6 is 0 Å². The molecule has 0 saturated carbocycles. The molecule has 8 nitrogen and oxygen atoms in total. The molecule has 0 radical (unpaired) electrons. The Bertz CT molecular complexity index is 666.